The normalized spacial score (nSPS) is 13.6. The molecule has 3 heterocycles. The summed E-state index contributed by atoms with van der Waals surface area (Å²) >= 11 is 0. The van der Waals surface area contributed by atoms with Crippen molar-refractivity contribution in [1.29, 1.82) is 5.26 Å². The van der Waals surface area contributed by atoms with Crippen molar-refractivity contribution in [3.63, 3.8) is 0 Å². The summed E-state index contributed by atoms with van der Waals surface area (Å²) in [5.41, 5.74) is 6.65. The topological polar surface area (TPSA) is 89.0 Å². The van der Waals surface area contributed by atoms with Crippen molar-refractivity contribution < 1.29 is 4.74 Å². The van der Waals surface area contributed by atoms with Gasteiger partial charge >= 0.3 is 0 Å². The third-order valence-electron chi connectivity index (χ3n) is 5.96. The number of pyridine rings is 1. The van der Waals surface area contributed by atoms with Crippen LogP contribution in [0.3, 0.4) is 0 Å². The molecule has 2 aromatic carbocycles. The van der Waals surface area contributed by atoms with Crippen molar-refractivity contribution in [3.05, 3.63) is 78.2 Å². The summed E-state index contributed by atoms with van der Waals surface area (Å²) in [5, 5.41) is 18.4. The molecule has 0 aliphatic carbocycles. The molecule has 2 aromatic heterocycles. The van der Waals surface area contributed by atoms with E-state index in [0.717, 1.165) is 54.3 Å². The second kappa shape index (κ2) is 9.63. The minimum Gasteiger partial charge on any atom is -0.384 e. The van der Waals surface area contributed by atoms with Gasteiger partial charge < -0.3 is 25.3 Å². The number of ether oxygens (including phenoxy) is 1. The summed E-state index contributed by atoms with van der Waals surface area (Å²) in [5.74, 6) is 0. The molecule has 3 N–H and O–H groups in total. The van der Waals surface area contributed by atoms with Crippen LogP contribution in [0.5, 0.6) is 0 Å². The molecule has 0 radical (unpaired) electrons. The van der Waals surface area contributed by atoms with Gasteiger partial charge in [-0.3, -0.25) is 4.98 Å². The van der Waals surface area contributed by atoms with Crippen LogP contribution in [0.4, 0.5) is 22.7 Å². The molecule has 166 valence electrons. The van der Waals surface area contributed by atoms with Crippen molar-refractivity contribution in [3.8, 4) is 6.07 Å². The number of H-pyrrole nitrogens is 1. The fourth-order valence-corrected chi connectivity index (χ4v) is 4.33. The van der Waals surface area contributed by atoms with Crippen molar-refractivity contribution in [2.24, 2.45) is 0 Å². The first-order valence-electron chi connectivity index (χ1n) is 11.2. The Labute approximate surface area is 193 Å². The third-order valence-corrected chi connectivity index (χ3v) is 5.96. The molecule has 1 fully saturated rings. The zero-order valence-electron chi connectivity index (χ0n) is 18.3. The van der Waals surface area contributed by atoms with Crippen LogP contribution < -0.4 is 15.5 Å². The van der Waals surface area contributed by atoms with Gasteiger partial charge in [0.25, 0.3) is 0 Å². The van der Waals surface area contributed by atoms with Crippen molar-refractivity contribution >= 4 is 33.7 Å². The molecule has 0 unspecified atom stereocenters. The van der Waals surface area contributed by atoms with Crippen LogP contribution in [0, 0.1) is 11.3 Å². The van der Waals surface area contributed by atoms with Crippen LogP contribution in [0.15, 0.2) is 67.1 Å². The van der Waals surface area contributed by atoms with E-state index in [1.54, 1.807) is 12.4 Å². The molecule has 0 saturated carbocycles. The molecule has 1 aliphatic rings. The molecule has 33 heavy (non-hydrogen) atoms. The molecule has 0 amide bonds. The summed E-state index contributed by atoms with van der Waals surface area (Å²) in [6.45, 7) is 3.53. The Hall–Kier alpha value is -4.02. The minimum absolute atomic E-state index is 0.648. The number of aromatic nitrogens is 2. The smallest absolute Gasteiger partial charge is 0.104 e. The largest absolute Gasteiger partial charge is 0.384 e. The number of benzene rings is 2. The zero-order valence-corrected chi connectivity index (χ0v) is 18.3. The van der Waals surface area contributed by atoms with Gasteiger partial charge in [0.15, 0.2) is 0 Å². The molecule has 4 aromatic rings. The van der Waals surface area contributed by atoms with Gasteiger partial charge in [0.1, 0.15) is 11.6 Å². The molecule has 0 spiro atoms. The number of hydrogen-bond acceptors (Lipinski definition) is 6. The number of nitrogens with zero attached hydrogens (tertiary/aromatic N) is 3. The van der Waals surface area contributed by atoms with E-state index < -0.39 is 0 Å². The lowest BCUT2D eigenvalue weighted by molar-refractivity contribution is 0.123. The van der Waals surface area contributed by atoms with Gasteiger partial charge in [-0.05, 0) is 42.3 Å². The van der Waals surface area contributed by atoms with Gasteiger partial charge in [0, 0.05) is 54.8 Å². The van der Waals surface area contributed by atoms with E-state index in [4.69, 9.17) is 4.74 Å². The van der Waals surface area contributed by atoms with Gasteiger partial charge in [-0.15, -0.1) is 0 Å². The molecule has 1 aliphatic heterocycles. The number of nitriles is 1. The van der Waals surface area contributed by atoms with E-state index in [0.29, 0.717) is 18.8 Å². The number of aromatic amines is 1. The Morgan fingerprint density at radius 2 is 1.82 bits per heavy atom. The van der Waals surface area contributed by atoms with Crippen molar-refractivity contribution in [2.75, 3.05) is 48.4 Å². The number of hydrogen-bond donors (Lipinski definition) is 3. The lowest BCUT2D eigenvalue weighted by Crippen LogP contribution is -2.37. The highest BCUT2D eigenvalue weighted by Crippen LogP contribution is 2.37. The van der Waals surface area contributed by atoms with Crippen LogP contribution in [-0.4, -0.2) is 42.8 Å². The van der Waals surface area contributed by atoms with Gasteiger partial charge in [-0.2, -0.15) is 5.26 Å². The Bertz CT molecular complexity index is 1270. The molecule has 5 rings (SSSR count). The summed E-state index contributed by atoms with van der Waals surface area (Å²) in [7, 11) is 0. The average Bonchev–Trinajstić information content (AvgIpc) is 3.28. The zero-order chi connectivity index (χ0) is 22.5. The quantitative estimate of drug-likeness (QED) is 0.389. The van der Waals surface area contributed by atoms with Crippen molar-refractivity contribution in [2.45, 2.75) is 6.42 Å². The lowest BCUT2D eigenvalue weighted by atomic mass is 10.1. The van der Waals surface area contributed by atoms with Gasteiger partial charge in [-0.25, -0.2) is 0 Å². The first-order chi connectivity index (χ1) is 16.3. The van der Waals surface area contributed by atoms with Crippen LogP contribution in [0.2, 0.25) is 0 Å². The van der Waals surface area contributed by atoms with Gasteiger partial charge in [-0.1, -0.05) is 18.2 Å². The van der Waals surface area contributed by atoms with E-state index in [2.05, 4.69) is 56.0 Å². The molecule has 0 bridgehead atoms. The Kier molecular flexibility index (Phi) is 6.09. The molecule has 1 saturated heterocycles. The number of para-hydroxylation sites is 1. The maximum atomic E-state index is 10.2. The fourth-order valence-electron chi connectivity index (χ4n) is 4.33. The molecule has 7 heteroatoms. The molecular weight excluding hydrogens is 412 g/mol. The Morgan fingerprint density at radius 3 is 2.64 bits per heavy atom. The first kappa shape index (κ1) is 20.9. The van der Waals surface area contributed by atoms with Crippen LogP contribution in [0.25, 0.3) is 10.9 Å². The second-order valence-electron chi connectivity index (χ2n) is 7.99. The van der Waals surface area contributed by atoms with E-state index >= 15 is 0 Å². The Balaban J connectivity index is 1.41. The predicted molar refractivity (Wildman–Crippen MR) is 132 cm³/mol. The average molecular weight is 439 g/mol. The standard InChI is InChI=1S/C26H26N6O/c27-17-22-24(29-12-7-19-18-30-23-4-2-1-3-21(19)23)5-6-25(31-20-8-10-28-11-9-20)26(22)32-13-15-33-16-14-32/h1-6,8-11,18,29-30H,7,12-16H2,(H,28,31). The molecule has 0 atom stereocenters. The highest BCUT2D eigenvalue weighted by Gasteiger charge is 2.21. The third kappa shape index (κ3) is 4.47. The van der Waals surface area contributed by atoms with Gasteiger partial charge in [0.05, 0.1) is 30.3 Å². The van der Waals surface area contributed by atoms with E-state index in [1.165, 1.54) is 10.9 Å². The molecular formula is C26H26N6O. The van der Waals surface area contributed by atoms with E-state index in [1.807, 2.05) is 30.3 Å². The highest BCUT2D eigenvalue weighted by molar-refractivity contribution is 5.86. The number of morpholine rings is 1. The highest BCUT2D eigenvalue weighted by atomic mass is 16.5. The summed E-state index contributed by atoms with van der Waals surface area (Å²) in [6, 6.07) is 18.6. The monoisotopic (exact) mass is 438 g/mol. The predicted octanol–water partition coefficient (Wildman–Crippen LogP) is 4.67. The van der Waals surface area contributed by atoms with Crippen molar-refractivity contribution in [1.82, 2.24) is 9.97 Å². The van der Waals surface area contributed by atoms with E-state index in [-0.39, 0.29) is 0 Å². The van der Waals surface area contributed by atoms with E-state index in [9.17, 15) is 5.26 Å². The summed E-state index contributed by atoms with van der Waals surface area (Å²) in [4.78, 5) is 9.65. The van der Waals surface area contributed by atoms with Gasteiger partial charge in [0.2, 0.25) is 0 Å². The van der Waals surface area contributed by atoms with Crippen LogP contribution in [0.1, 0.15) is 11.1 Å². The first-order valence-corrected chi connectivity index (χ1v) is 11.2. The minimum atomic E-state index is 0.648. The lowest BCUT2D eigenvalue weighted by Gasteiger charge is -2.32. The Morgan fingerprint density at radius 1 is 1.03 bits per heavy atom. The SMILES string of the molecule is N#Cc1c(NCCc2c[nH]c3ccccc23)ccc(Nc2ccncc2)c1N1CCOCC1. The molecule has 7 nitrogen and oxygen atoms in total. The van der Waals surface area contributed by atoms with Crippen LogP contribution >= 0.6 is 0 Å². The fraction of sp³-hybridized carbons (Fsp3) is 0.231. The number of anilines is 4. The maximum Gasteiger partial charge on any atom is 0.104 e. The second-order valence-corrected chi connectivity index (χ2v) is 7.99. The number of fused-ring (bicyclic) bond motifs is 1. The summed E-state index contributed by atoms with van der Waals surface area (Å²) < 4.78 is 5.55. The number of rotatable bonds is 7. The van der Waals surface area contributed by atoms with Crippen LogP contribution in [-0.2, 0) is 11.2 Å². The summed E-state index contributed by atoms with van der Waals surface area (Å²) in [6.07, 6.45) is 6.43. The maximum absolute atomic E-state index is 10.2. The number of nitrogens with one attached hydrogen (secondary N) is 3.